The number of hydrogen-bond acceptors (Lipinski definition) is 3. The zero-order valence-electron chi connectivity index (χ0n) is 6.73. The lowest BCUT2D eigenvalue weighted by atomic mass is 10.3. The second-order valence-corrected chi connectivity index (χ2v) is 3.39. The van der Waals surface area contributed by atoms with E-state index in [1.807, 2.05) is 0 Å². The van der Waals surface area contributed by atoms with Gasteiger partial charge >= 0.3 is 6.36 Å². The van der Waals surface area contributed by atoms with Gasteiger partial charge in [0.1, 0.15) is 5.75 Å². The first kappa shape index (κ1) is 11.4. The Labute approximate surface area is 91.5 Å². The van der Waals surface area contributed by atoms with Gasteiger partial charge in [0.2, 0.25) is 0 Å². The number of nitrogen functional groups attached to an aromatic ring is 1. The second-order valence-electron chi connectivity index (χ2n) is 2.31. The molecule has 1 aromatic carbocycles. The quantitative estimate of drug-likeness (QED) is 0.500. The molecule has 14 heavy (non-hydrogen) atoms. The summed E-state index contributed by atoms with van der Waals surface area (Å²) in [6.07, 6.45) is -4.69. The fourth-order valence-corrected chi connectivity index (χ4v) is 1.45. The molecule has 7 heteroatoms. The number of rotatable bonds is 2. The number of halogens is 4. The van der Waals surface area contributed by atoms with Crippen LogP contribution >= 0.6 is 22.6 Å². The predicted octanol–water partition coefficient (Wildman–Crippen LogP) is 2.48. The molecule has 1 aromatic rings. The Morgan fingerprint density at radius 3 is 2.50 bits per heavy atom. The Morgan fingerprint density at radius 1 is 1.36 bits per heavy atom. The average molecular weight is 318 g/mol. The third-order valence-corrected chi connectivity index (χ3v) is 2.46. The number of hydrogen-bond donors (Lipinski definition) is 2. The number of hydrazine groups is 1. The lowest BCUT2D eigenvalue weighted by Crippen LogP contribution is -2.18. The molecule has 0 amide bonds. The van der Waals surface area contributed by atoms with E-state index in [4.69, 9.17) is 5.84 Å². The number of benzene rings is 1. The van der Waals surface area contributed by atoms with E-state index in [1.165, 1.54) is 12.1 Å². The molecule has 0 aliphatic rings. The first-order valence-electron chi connectivity index (χ1n) is 3.45. The molecule has 0 aromatic heterocycles. The average Bonchev–Trinajstić information content (AvgIpc) is 2.06. The summed E-state index contributed by atoms with van der Waals surface area (Å²) in [6, 6.07) is 4.18. The fourth-order valence-electron chi connectivity index (χ4n) is 0.826. The van der Waals surface area contributed by atoms with Crippen LogP contribution in [0.3, 0.4) is 0 Å². The minimum atomic E-state index is -4.69. The maximum Gasteiger partial charge on any atom is 0.573 e. The SMILES string of the molecule is NNc1cccc(OC(F)(F)F)c1I. The number of nitrogens with two attached hydrogens (primary N) is 1. The Hall–Kier alpha value is -0.700. The Morgan fingerprint density at radius 2 is 2.00 bits per heavy atom. The summed E-state index contributed by atoms with van der Waals surface area (Å²) in [5.41, 5.74) is 2.65. The van der Waals surface area contributed by atoms with E-state index in [-0.39, 0.29) is 9.32 Å². The van der Waals surface area contributed by atoms with E-state index < -0.39 is 6.36 Å². The molecular formula is C7H6F3IN2O. The van der Waals surface area contributed by atoms with Gasteiger partial charge in [0.25, 0.3) is 0 Å². The van der Waals surface area contributed by atoms with Gasteiger partial charge in [0.15, 0.2) is 0 Å². The van der Waals surface area contributed by atoms with Crippen molar-refractivity contribution in [2.24, 2.45) is 5.84 Å². The summed E-state index contributed by atoms with van der Waals surface area (Å²) in [5.74, 6) is 4.82. The predicted molar refractivity (Wildman–Crippen MR) is 53.7 cm³/mol. The summed E-state index contributed by atoms with van der Waals surface area (Å²) in [7, 11) is 0. The van der Waals surface area contributed by atoms with Gasteiger partial charge in [-0.1, -0.05) is 6.07 Å². The van der Waals surface area contributed by atoms with Crippen molar-refractivity contribution in [2.75, 3.05) is 5.43 Å². The molecule has 3 nitrogen and oxygen atoms in total. The molecule has 0 unspecified atom stereocenters. The van der Waals surface area contributed by atoms with Crippen LogP contribution in [0.25, 0.3) is 0 Å². The van der Waals surface area contributed by atoms with Gasteiger partial charge in [-0.25, -0.2) is 0 Å². The molecule has 0 spiro atoms. The van der Waals surface area contributed by atoms with Crippen molar-refractivity contribution >= 4 is 28.3 Å². The normalized spacial score (nSPS) is 11.2. The van der Waals surface area contributed by atoms with E-state index in [0.29, 0.717) is 5.69 Å². The van der Waals surface area contributed by atoms with Crippen LogP contribution in [0, 0.1) is 3.57 Å². The van der Waals surface area contributed by atoms with E-state index in [9.17, 15) is 13.2 Å². The smallest absolute Gasteiger partial charge is 0.405 e. The van der Waals surface area contributed by atoms with Gasteiger partial charge < -0.3 is 10.2 Å². The highest BCUT2D eigenvalue weighted by Crippen LogP contribution is 2.31. The topological polar surface area (TPSA) is 47.3 Å². The maximum atomic E-state index is 11.9. The lowest BCUT2D eigenvalue weighted by molar-refractivity contribution is -0.274. The van der Waals surface area contributed by atoms with Gasteiger partial charge in [-0.3, -0.25) is 5.84 Å². The molecule has 0 radical (unpaired) electrons. The van der Waals surface area contributed by atoms with Crippen LogP contribution in [-0.4, -0.2) is 6.36 Å². The van der Waals surface area contributed by atoms with Gasteiger partial charge in [-0.2, -0.15) is 0 Å². The van der Waals surface area contributed by atoms with Crippen molar-refractivity contribution in [3.05, 3.63) is 21.8 Å². The molecule has 0 atom stereocenters. The summed E-state index contributed by atoms with van der Waals surface area (Å²) in [5, 5.41) is 0. The Bertz CT molecular complexity index is 329. The third kappa shape index (κ3) is 2.91. The van der Waals surface area contributed by atoms with Crippen LogP contribution in [0.2, 0.25) is 0 Å². The maximum absolute atomic E-state index is 11.9. The summed E-state index contributed by atoms with van der Waals surface area (Å²) in [4.78, 5) is 0. The standard InChI is InChI=1S/C7H6F3IN2O/c8-7(9,10)14-5-3-1-2-4(13-12)6(5)11/h1-3,13H,12H2. The highest BCUT2D eigenvalue weighted by Gasteiger charge is 2.32. The summed E-state index contributed by atoms with van der Waals surface area (Å²) in [6.45, 7) is 0. The zero-order valence-corrected chi connectivity index (χ0v) is 8.89. The molecule has 0 saturated carbocycles. The fraction of sp³-hybridized carbons (Fsp3) is 0.143. The first-order valence-corrected chi connectivity index (χ1v) is 4.53. The third-order valence-electron chi connectivity index (χ3n) is 1.34. The molecule has 0 aliphatic carbocycles. The van der Waals surface area contributed by atoms with E-state index >= 15 is 0 Å². The molecule has 0 aliphatic heterocycles. The van der Waals surface area contributed by atoms with E-state index in [2.05, 4.69) is 10.2 Å². The van der Waals surface area contributed by atoms with Crippen LogP contribution in [0.1, 0.15) is 0 Å². The van der Waals surface area contributed by atoms with Crippen molar-refractivity contribution in [3.8, 4) is 5.75 Å². The molecule has 0 fully saturated rings. The van der Waals surface area contributed by atoms with Gasteiger partial charge in [0, 0.05) is 0 Å². The minimum Gasteiger partial charge on any atom is -0.405 e. The van der Waals surface area contributed by atoms with Crippen molar-refractivity contribution in [3.63, 3.8) is 0 Å². The van der Waals surface area contributed by atoms with Crippen LogP contribution in [0.15, 0.2) is 18.2 Å². The van der Waals surface area contributed by atoms with Gasteiger partial charge in [-0.15, -0.1) is 13.2 Å². The minimum absolute atomic E-state index is 0.270. The highest BCUT2D eigenvalue weighted by molar-refractivity contribution is 14.1. The number of nitrogens with one attached hydrogen (secondary N) is 1. The molecule has 0 heterocycles. The largest absolute Gasteiger partial charge is 0.573 e. The molecule has 3 N–H and O–H groups in total. The number of anilines is 1. The van der Waals surface area contributed by atoms with Crippen molar-refractivity contribution in [1.29, 1.82) is 0 Å². The number of alkyl halides is 3. The molecule has 0 bridgehead atoms. The van der Waals surface area contributed by atoms with E-state index in [0.717, 1.165) is 0 Å². The van der Waals surface area contributed by atoms with E-state index in [1.54, 1.807) is 28.7 Å². The first-order chi connectivity index (χ1) is 6.44. The summed E-state index contributed by atoms with van der Waals surface area (Å²) >= 11 is 1.71. The molecule has 78 valence electrons. The Kier molecular flexibility index (Phi) is 3.43. The van der Waals surface area contributed by atoms with Gasteiger partial charge in [-0.05, 0) is 34.7 Å². The van der Waals surface area contributed by atoms with Crippen molar-refractivity contribution in [1.82, 2.24) is 0 Å². The molecule has 1 rings (SSSR count). The monoisotopic (exact) mass is 318 g/mol. The van der Waals surface area contributed by atoms with Crippen LogP contribution in [0.5, 0.6) is 5.75 Å². The van der Waals surface area contributed by atoms with Crippen LogP contribution < -0.4 is 16.0 Å². The molecular weight excluding hydrogens is 312 g/mol. The zero-order chi connectivity index (χ0) is 10.8. The van der Waals surface area contributed by atoms with Crippen molar-refractivity contribution in [2.45, 2.75) is 6.36 Å². The second kappa shape index (κ2) is 4.22. The summed E-state index contributed by atoms with van der Waals surface area (Å²) < 4.78 is 39.7. The number of ether oxygens (including phenoxy) is 1. The van der Waals surface area contributed by atoms with Crippen LogP contribution in [0.4, 0.5) is 18.9 Å². The van der Waals surface area contributed by atoms with Gasteiger partial charge in [0.05, 0.1) is 9.26 Å². The highest BCUT2D eigenvalue weighted by atomic mass is 127. The molecule has 0 saturated heterocycles. The van der Waals surface area contributed by atoms with Crippen LogP contribution in [-0.2, 0) is 0 Å². The lowest BCUT2D eigenvalue weighted by Gasteiger charge is -2.12. The Balaban J connectivity index is 2.98. The van der Waals surface area contributed by atoms with Crippen molar-refractivity contribution < 1.29 is 17.9 Å².